The normalized spacial score (nSPS) is 17.4. The van der Waals surface area contributed by atoms with Gasteiger partial charge in [-0.1, -0.05) is 6.07 Å². The van der Waals surface area contributed by atoms with Gasteiger partial charge >= 0.3 is 0 Å². The Morgan fingerprint density at radius 1 is 1.19 bits per heavy atom. The SMILES string of the molecule is O=c1[nH]c2cc3c(cc2cc1CN(Cc1cccs1)C(=S)NC[C@H]1CCCO1)OCCO3. The molecule has 0 spiro atoms. The number of hydrogen-bond donors (Lipinski definition) is 2. The summed E-state index contributed by atoms with van der Waals surface area (Å²) in [5, 5.41) is 6.91. The summed E-state index contributed by atoms with van der Waals surface area (Å²) in [4.78, 5) is 19.1. The second kappa shape index (κ2) is 9.48. The number of aromatic amines is 1. The van der Waals surface area contributed by atoms with E-state index in [4.69, 9.17) is 26.4 Å². The van der Waals surface area contributed by atoms with Crippen LogP contribution in [0.5, 0.6) is 11.5 Å². The molecule has 0 unspecified atom stereocenters. The van der Waals surface area contributed by atoms with Gasteiger partial charge in [-0.2, -0.15) is 0 Å². The van der Waals surface area contributed by atoms with Crippen LogP contribution in [0.1, 0.15) is 23.3 Å². The molecule has 7 nitrogen and oxygen atoms in total. The second-order valence-electron chi connectivity index (χ2n) is 7.96. The number of fused-ring (bicyclic) bond motifs is 2. The smallest absolute Gasteiger partial charge is 0.253 e. The molecular weight excluding hydrogens is 446 g/mol. The first-order valence-corrected chi connectivity index (χ1v) is 12.1. The number of rotatable bonds is 6. The number of pyridine rings is 1. The largest absolute Gasteiger partial charge is 0.486 e. The lowest BCUT2D eigenvalue weighted by Gasteiger charge is -2.26. The lowest BCUT2D eigenvalue weighted by Crippen LogP contribution is -2.42. The van der Waals surface area contributed by atoms with Crippen LogP contribution in [0.3, 0.4) is 0 Å². The molecule has 2 N–H and O–H groups in total. The second-order valence-corrected chi connectivity index (χ2v) is 9.38. The predicted octanol–water partition coefficient (Wildman–Crippen LogP) is 3.42. The van der Waals surface area contributed by atoms with Crippen LogP contribution in [-0.2, 0) is 17.8 Å². The van der Waals surface area contributed by atoms with E-state index in [2.05, 4.69) is 16.4 Å². The van der Waals surface area contributed by atoms with E-state index in [-0.39, 0.29) is 11.7 Å². The highest BCUT2D eigenvalue weighted by Gasteiger charge is 2.19. The molecule has 32 heavy (non-hydrogen) atoms. The molecule has 9 heteroatoms. The number of thiophene rings is 1. The fraction of sp³-hybridized carbons (Fsp3) is 0.391. The quantitative estimate of drug-likeness (QED) is 0.534. The highest BCUT2D eigenvalue weighted by molar-refractivity contribution is 7.80. The molecular formula is C23H25N3O4S2. The van der Waals surface area contributed by atoms with Crippen LogP contribution in [0.15, 0.2) is 40.5 Å². The van der Waals surface area contributed by atoms with Crippen LogP contribution in [0.2, 0.25) is 0 Å². The first-order valence-electron chi connectivity index (χ1n) is 10.8. The lowest BCUT2D eigenvalue weighted by molar-refractivity contribution is 0.113. The van der Waals surface area contributed by atoms with Gasteiger partial charge in [-0.3, -0.25) is 4.79 Å². The van der Waals surface area contributed by atoms with E-state index in [0.717, 1.165) is 30.4 Å². The number of nitrogens with zero attached hydrogens (tertiary/aromatic N) is 1. The van der Waals surface area contributed by atoms with Gasteiger partial charge in [-0.05, 0) is 48.6 Å². The molecule has 2 aromatic heterocycles. The molecule has 2 aliphatic heterocycles. The Morgan fingerprint density at radius 2 is 2.03 bits per heavy atom. The van der Waals surface area contributed by atoms with E-state index in [1.807, 2.05) is 34.5 Å². The standard InChI is InChI=1S/C23H25N3O4S2/c27-22-16(9-15-10-20-21(11-19(15)25-22)30-7-6-29-20)13-26(14-18-4-2-8-32-18)23(31)24-12-17-3-1-5-28-17/h2,4,8-11,17H,1,3,5-7,12-14H2,(H,24,31)(H,25,27)/t17-/m1/s1. The average Bonchev–Trinajstić information content (AvgIpc) is 3.50. The Bertz CT molecular complexity index is 1160. The maximum atomic E-state index is 12.9. The van der Waals surface area contributed by atoms with Gasteiger partial charge in [-0.25, -0.2) is 0 Å². The number of nitrogens with one attached hydrogen (secondary N) is 2. The third-order valence-electron chi connectivity index (χ3n) is 5.66. The molecule has 2 aliphatic rings. The molecule has 5 rings (SSSR count). The summed E-state index contributed by atoms with van der Waals surface area (Å²) in [6, 6.07) is 9.76. The molecule has 168 valence electrons. The Labute approximate surface area is 195 Å². The summed E-state index contributed by atoms with van der Waals surface area (Å²) in [6.07, 6.45) is 2.32. The van der Waals surface area contributed by atoms with Gasteiger partial charge in [0.1, 0.15) is 13.2 Å². The first-order chi connectivity index (χ1) is 15.7. The monoisotopic (exact) mass is 471 g/mol. The minimum Gasteiger partial charge on any atom is -0.486 e. The van der Waals surface area contributed by atoms with Crippen molar-refractivity contribution in [3.8, 4) is 11.5 Å². The van der Waals surface area contributed by atoms with E-state index in [0.29, 0.717) is 55.0 Å². The molecule has 0 amide bonds. The fourth-order valence-corrected chi connectivity index (χ4v) is 4.95. The van der Waals surface area contributed by atoms with Gasteiger partial charge in [0.2, 0.25) is 0 Å². The summed E-state index contributed by atoms with van der Waals surface area (Å²) in [6.45, 7) is 3.55. The van der Waals surface area contributed by atoms with Gasteiger partial charge in [-0.15, -0.1) is 11.3 Å². The average molecular weight is 472 g/mol. The van der Waals surface area contributed by atoms with Crippen molar-refractivity contribution in [3.05, 3.63) is 56.5 Å². The summed E-state index contributed by atoms with van der Waals surface area (Å²) >= 11 is 7.39. The van der Waals surface area contributed by atoms with Gasteiger partial charge in [0.05, 0.1) is 24.7 Å². The lowest BCUT2D eigenvalue weighted by atomic mass is 10.1. The molecule has 1 fully saturated rings. The molecule has 1 atom stereocenters. The molecule has 0 saturated carbocycles. The van der Waals surface area contributed by atoms with E-state index in [1.165, 1.54) is 4.88 Å². The van der Waals surface area contributed by atoms with Crippen molar-refractivity contribution in [2.75, 3.05) is 26.4 Å². The number of benzene rings is 1. The van der Waals surface area contributed by atoms with Crippen molar-refractivity contribution in [2.24, 2.45) is 0 Å². The number of H-pyrrole nitrogens is 1. The Balaban J connectivity index is 1.39. The Hall–Kier alpha value is -2.62. The molecule has 3 aromatic rings. The van der Waals surface area contributed by atoms with Crippen molar-refractivity contribution in [3.63, 3.8) is 0 Å². The van der Waals surface area contributed by atoms with Gasteiger partial charge < -0.3 is 29.4 Å². The minimum absolute atomic E-state index is 0.132. The zero-order valence-corrected chi connectivity index (χ0v) is 19.2. The summed E-state index contributed by atoms with van der Waals surface area (Å²) < 4.78 is 17.0. The molecule has 0 radical (unpaired) electrons. The van der Waals surface area contributed by atoms with Gasteiger partial charge in [0.15, 0.2) is 16.6 Å². The summed E-state index contributed by atoms with van der Waals surface area (Å²) in [5.41, 5.74) is 1.24. The molecule has 0 aliphatic carbocycles. The van der Waals surface area contributed by atoms with Crippen LogP contribution in [0.4, 0.5) is 0 Å². The highest BCUT2D eigenvalue weighted by atomic mass is 32.1. The maximum absolute atomic E-state index is 12.9. The Kier molecular flexibility index (Phi) is 6.29. The Morgan fingerprint density at radius 3 is 2.78 bits per heavy atom. The van der Waals surface area contributed by atoms with Crippen LogP contribution in [0, 0.1) is 0 Å². The van der Waals surface area contributed by atoms with Crippen molar-refractivity contribution in [1.29, 1.82) is 0 Å². The molecule has 1 saturated heterocycles. The number of hydrogen-bond acceptors (Lipinski definition) is 6. The number of thiocarbonyl (C=S) groups is 1. The van der Waals surface area contributed by atoms with Gasteiger partial charge in [0.25, 0.3) is 5.56 Å². The van der Waals surface area contributed by atoms with Crippen molar-refractivity contribution >= 4 is 39.6 Å². The predicted molar refractivity (Wildman–Crippen MR) is 129 cm³/mol. The third-order valence-corrected chi connectivity index (χ3v) is 6.93. The van der Waals surface area contributed by atoms with Crippen LogP contribution >= 0.6 is 23.6 Å². The number of ether oxygens (including phenoxy) is 3. The van der Waals surface area contributed by atoms with E-state index in [9.17, 15) is 4.79 Å². The summed E-state index contributed by atoms with van der Waals surface area (Å²) in [5.74, 6) is 1.36. The molecule has 0 bridgehead atoms. The molecule has 1 aromatic carbocycles. The van der Waals surface area contributed by atoms with Crippen molar-refractivity contribution < 1.29 is 14.2 Å². The van der Waals surface area contributed by atoms with E-state index in [1.54, 1.807) is 11.3 Å². The zero-order valence-electron chi connectivity index (χ0n) is 17.6. The first kappa shape index (κ1) is 21.2. The minimum atomic E-state index is -0.132. The van der Waals surface area contributed by atoms with Crippen molar-refractivity contribution in [2.45, 2.75) is 32.0 Å². The van der Waals surface area contributed by atoms with Crippen LogP contribution in [0.25, 0.3) is 10.9 Å². The van der Waals surface area contributed by atoms with Gasteiger partial charge in [0, 0.05) is 35.0 Å². The maximum Gasteiger partial charge on any atom is 0.253 e. The zero-order chi connectivity index (χ0) is 21.9. The third kappa shape index (κ3) is 4.74. The van der Waals surface area contributed by atoms with E-state index >= 15 is 0 Å². The van der Waals surface area contributed by atoms with Crippen LogP contribution < -0.4 is 20.3 Å². The molecule has 4 heterocycles. The summed E-state index contributed by atoms with van der Waals surface area (Å²) in [7, 11) is 0. The van der Waals surface area contributed by atoms with Crippen LogP contribution in [-0.4, -0.2) is 47.5 Å². The highest BCUT2D eigenvalue weighted by Crippen LogP contribution is 2.33. The van der Waals surface area contributed by atoms with Crippen molar-refractivity contribution in [1.82, 2.24) is 15.2 Å². The van der Waals surface area contributed by atoms with E-state index < -0.39 is 0 Å². The number of aromatic nitrogens is 1. The fourth-order valence-electron chi connectivity index (χ4n) is 4.02. The topological polar surface area (TPSA) is 75.8 Å².